The zero-order chi connectivity index (χ0) is 27.9. The third kappa shape index (κ3) is 6.23. The van der Waals surface area contributed by atoms with Crippen LogP contribution in [0.3, 0.4) is 0 Å². The molecule has 0 spiro atoms. The van der Waals surface area contributed by atoms with E-state index in [4.69, 9.17) is 14.2 Å². The normalized spacial score (nSPS) is 15.5. The quantitative estimate of drug-likeness (QED) is 0.308. The molecule has 1 N–H and O–H groups in total. The van der Waals surface area contributed by atoms with Gasteiger partial charge in [0.25, 0.3) is 0 Å². The number of para-hydroxylation sites is 1. The lowest BCUT2D eigenvalue weighted by Gasteiger charge is -2.32. The molecule has 1 aliphatic rings. The molecule has 208 valence electrons. The Labute approximate surface area is 232 Å². The number of carbonyl (C=O) groups is 2. The molecule has 10 heteroatoms. The number of nitrogens with one attached hydrogen (secondary N) is 1. The van der Waals surface area contributed by atoms with Crippen LogP contribution < -0.4 is 14.8 Å². The van der Waals surface area contributed by atoms with Crippen molar-refractivity contribution >= 4 is 22.8 Å². The van der Waals surface area contributed by atoms with Crippen LogP contribution in [0.4, 0.5) is 0 Å². The first-order chi connectivity index (χ1) is 19.6. The van der Waals surface area contributed by atoms with Gasteiger partial charge in [0.05, 0.1) is 25.8 Å². The van der Waals surface area contributed by atoms with E-state index in [9.17, 15) is 9.59 Å². The highest BCUT2D eigenvalue weighted by molar-refractivity contribution is 5.89. The first-order valence-corrected chi connectivity index (χ1v) is 13.3. The largest absolute Gasteiger partial charge is 0.497 e. The van der Waals surface area contributed by atoms with E-state index in [0.717, 1.165) is 23.9 Å². The molecule has 0 saturated carbocycles. The van der Waals surface area contributed by atoms with E-state index in [1.165, 1.54) is 0 Å². The summed E-state index contributed by atoms with van der Waals surface area (Å²) in [6, 6.07) is 21.2. The zero-order valence-electron chi connectivity index (χ0n) is 22.7. The molecule has 0 radical (unpaired) electrons. The molecule has 40 heavy (non-hydrogen) atoms. The SMILES string of the molecule is COc1ccc(CN(C(=O)Cn2nnc3ccccc32)[C@@H](C(=O)NC[C@@H]2CCCO2)c2ccc(OC)cc2)cc1. The Kier molecular flexibility index (Phi) is 8.56. The number of amides is 2. The highest BCUT2D eigenvalue weighted by atomic mass is 16.5. The van der Waals surface area contributed by atoms with Crippen LogP contribution >= 0.6 is 0 Å². The topological polar surface area (TPSA) is 108 Å². The molecule has 1 aliphatic heterocycles. The summed E-state index contributed by atoms with van der Waals surface area (Å²) in [6.45, 7) is 1.18. The van der Waals surface area contributed by atoms with Crippen molar-refractivity contribution in [1.29, 1.82) is 0 Å². The monoisotopic (exact) mass is 543 g/mol. The lowest BCUT2D eigenvalue weighted by molar-refractivity contribution is -0.142. The molecule has 0 aliphatic carbocycles. The summed E-state index contributed by atoms with van der Waals surface area (Å²) in [7, 11) is 3.19. The van der Waals surface area contributed by atoms with Crippen molar-refractivity contribution in [2.75, 3.05) is 27.4 Å². The summed E-state index contributed by atoms with van der Waals surface area (Å²) in [6.07, 6.45) is 1.82. The molecular weight excluding hydrogens is 510 g/mol. The molecule has 1 fully saturated rings. The fraction of sp³-hybridized carbons (Fsp3) is 0.333. The van der Waals surface area contributed by atoms with Crippen LogP contribution in [0.2, 0.25) is 0 Å². The molecule has 4 aromatic rings. The van der Waals surface area contributed by atoms with Crippen molar-refractivity contribution < 1.29 is 23.8 Å². The van der Waals surface area contributed by atoms with Gasteiger partial charge in [0.15, 0.2) is 0 Å². The molecule has 0 bridgehead atoms. The smallest absolute Gasteiger partial charge is 0.247 e. The first kappa shape index (κ1) is 27.1. The van der Waals surface area contributed by atoms with E-state index in [2.05, 4.69) is 15.6 Å². The number of carbonyl (C=O) groups excluding carboxylic acids is 2. The van der Waals surface area contributed by atoms with Crippen molar-refractivity contribution in [1.82, 2.24) is 25.2 Å². The average Bonchev–Trinajstić information content (AvgIpc) is 3.67. The summed E-state index contributed by atoms with van der Waals surface area (Å²) < 4.78 is 17.9. The summed E-state index contributed by atoms with van der Waals surface area (Å²) in [5, 5.41) is 11.4. The van der Waals surface area contributed by atoms with Gasteiger partial charge >= 0.3 is 0 Å². The van der Waals surface area contributed by atoms with E-state index < -0.39 is 6.04 Å². The maximum atomic E-state index is 14.1. The van der Waals surface area contributed by atoms with Gasteiger partial charge < -0.3 is 24.4 Å². The summed E-state index contributed by atoms with van der Waals surface area (Å²) in [5.41, 5.74) is 2.95. The lowest BCUT2D eigenvalue weighted by Crippen LogP contribution is -2.46. The van der Waals surface area contributed by atoms with Gasteiger partial charge in [-0.15, -0.1) is 5.10 Å². The van der Waals surface area contributed by atoms with Gasteiger partial charge in [-0.05, 0) is 60.4 Å². The number of hydrogen-bond donors (Lipinski definition) is 1. The molecule has 2 atom stereocenters. The minimum Gasteiger partial charge on any atom is -0.497 e. The summed E-state index contributed by atoms with van der Waals surface area (Å²) in [4.78, 5) is 29.5. The van der Waals surface area contributed by atoms with Gasteiger partial charge in [0, 0.05) is 19.7 Å². The third-order valence-electron chi connectivity index (χ3n) is 7.06. The standard InChI is InChI=1S/C30H33N5O5/c1-38-23-13-9-21(10-14-23)19-34(28(36)20-35-27-8-4-3-7-26(27)32-33-35)29(22-11-15-24(39-2)16-12-22)30(37)31-18-25-6-5-17-40-25/h3-4,7-16,25,29H,5-6,17-20H2,1-2H3,(H,31,37)/t25-,29+/m0/s1. The zero-order valence-corrected chi connectivity index (χ0v) is 22.7. The highest BCUT2D eigenvalue weighted by Gasteiger charge is 2.33. The second-order valence-electron chi connectivity index (χ2n) is 9.66. The predicted octanol–water partition coefficient (Wildman–Crippen LogP) is 3.51. The van der Waals surface area contributed by atoms with E-state index in [1.54, 1.807) is 35.9 Å². The van der Waals surface area contributed by atoms with Gasteiger partial charge in [-0.2, -0.15) is 0 Å². The second kappa shape index (κ2) is 12.6. The molecule has 10 nitrogen and oxygen atoms in total. The number of ether oxygens (including phenoxy) is 3. The molecular formula is C30H33N5O5. The Morgan fingerprint density at radius 1 is 1.02 bits per heavy atom. The van der Waals surface area contributed by atoms with E-state index >= 15 is 0 Å². The first-order valence-electron chi connectivity index (χ1n) is 13.3. The molecule has 2 amide bonds. The van der Waals surface area contributed by atoms with Crippen LogP contribution in [0, 0.1) is 0 Å². The minimum atomic E-state index is -0.906. The fourth-order valence-corrected chi connectivity index (χ4v) is 4.88. The van der Waals surface area contributed by atoms with Crippen molar-refractivity contribution in [3.05, 3.63) is 83.9 Å². The van der Waals surface area contributed by atoms with Gasteiger partial charge in [-0.1, -0.05) is 41.6 Å². The van der Waals surface area contributed by atoms with Crippen molar-refractivity contribution in [2.45, 2.75) is 38.1 Å². The Balaban J connectivity index is 1.49. The number of rotatable bonds is 11. The molecule has 3 aromatic carbocycles. The van der Waals surface area contributed by atoms with Crippen LogP contribution in [-0.2, 0) is 27.4 Å². The van der Waals surface area contributed by atoms with E-state index in [1.807, 2.05) is 60.7 Å². The van der Waals surface area contributed by atoms with Crippen LogP contribution in [-0.4, -0.2) is 65.2 Å². The number of hydrogen-bond acceptors (Lipinski definition) is 7. The Hall–Kier alpha value is -4.44. The summed E-state index contributed by atoms with van der Waals surface area (Å²) >= 11 is 0. The van der Waals surface area contributed by atoms with Crippen molar-refractivity contribution in [2.24, 2.45) is 0 Å². The van der Waals surface area contributed by atoms with Crippen LogP contribution in [0.15, 0.2) is 72.8 Å². The second-order valence-corrected chi connectivity index (χ2v) is 9.66. The third-order valence-corrected chi connectivity index (χ3v) is 7.06. The Bertz CT molecular complexity index is 1430. The van der Waals surface area contributed by atoms with E-state index in [0.29, 0.717) is 35.7 Å². The Morgan fingerprint density at radius 3 is 2.40 bits per heavy atom. The number of benzene rings is 3. The molecule has 5 rings (SSSR count). The van der Waals surface area contributed by atoms with Crippen LogP contribution in [0.1, 0.15) is 30.0 Å². The number of fused-ring (bicyclic) bond motifs is 1. The van der Waals surface area contributed by atoms with Gasteiger partial charge in [0.1, 0.15) is 29.6 Å². The summed E-state index contributed by atoms with van der Waals surface area (Å²) in [5.74, 6) is 0.798. The highest BCUT2D eigenvalue weighted by Crippen LogP contribution is 2.27. The van der Waals surface area contributed by atoms with Crippen molar-refractivity contribution in [3.8, 4) is 11.5 Å². The van der Waals surface area contributed by atoms with Crippen LogP contribution in [0.25, 0.3) is 11.0 Å². The minimum absolute atomic E-state index is 0.0345. The number of aromatic nitrogens is 3. The van der Waals surface area contributed by atoms with Crippen LogP contribution in [0.5, 0.6) is 11.5 Å². The molecule has 1 aromatic heterocycles. The van der Waals surface area contributed by atoms with Crippen molar-refractivity contribution in [3.63, 3.8) is 0 Å². The number of methoxy groups -OCH3 is 2. The predicted molar refractivity (Wildman–Crippen MR) is 149 cm³/mol. The van der Waals surface area contributed by atoms with Gasteiger partial charge in [0.2, 0.25) is 11.8 Å². The maximum Gasteiger partial charge on any atom is 0.247 e. The maximum absolute atomic E-state index is 14.1. The molecule has 2 heterocycles. The van der Waals surface area contributed by atoms with Gasteiger partial charge in [-0.25, -0.2) is 4.68 Å². The number of nitrogens with zero attached hydrogens (tertiary/aromatic N) is 4. The average molecular weight is 544 g/mol. The molecule has 0 unspecified atom stereocenters. The lowest BCUT2D eigenvalue weighted by atomic mass is 10.0. The van der Waals surface area contributed by atoms with E-state index in [-0.39, 0.29) is 31.0 Å². The molecule has 1 saturated heterocycles. The fourth-order valence-electron chi connectivity index (χ4n) is 4.88. The Morgan fingerprint density at radius 2 is 1.73 bits per heavy atom. The van der Waals surface area contributed by atoms with Gasteiger partial charge in [-0.3, -0.25) is 9.59 Å².